The summed E-state index contributed by atoms with van der Waals surface area (Å²) in [7, 11) is -0.634. The molecule has 7 nitrogen and oxygen atoms in total. The molecule has 8 heteroatoms. The highest BCUT2D eigenvalue weighted by Gasteiger charge is 2.24. The van der Waals surface area contributed by atoms with Gasteiger partial charge < -0.3 is 14.8 Å². The van der Waals surface area contributed by atoms with Gasteiger partial charge in [0, 0.05) is 6.54 Å². The van der Waals surface area contributed by atoms with Crippen molar-refractivity contribution in [3.63, 3.8) is 0 Å². The zero-order valence-corrected chi connectivity index (χ0v) is 18.0. The van der Waals surface area contributed by atoms with E-state index < -0.39 is 16.1 Å². The number of nitrogens with one attached hydrogen (secondary N) is 2. The van der Waals surface area contributed by atoms with Gasteiger partial charge in [-0.05, 0) is 49.6 Å². The summed E-state index contributed by atoms with van der Waals surface area (Å²) in [6.45, 7) is 4.01. The molecule has 0 unspecified atom stereocenters. The van der Waals surface area contributed by atoms with Crippen LogP contribution in [0.1, 0.15) is 24.5 Å². The van der Waals surface area contributed by atoms with Crippen LogP contribution in [-0.4, -0.2) is 41.1 Å². The highest BCUT2D eigenvalue weighted by atomic mass is 32.2. The van der Waals surface area contributed by atoms with E-state index in [-0.39, 0.29) is 10.8 Å². The van der Waals surface area contributed by atoms with Crippen LogP contribution < -0.4 is 19.5 Å². The minimum Gasteiger partial charge on any atom is -0.493 e. The number of hydrogen-bond donors (Lipinski definition) is 2. The molecular weight excluding hydrogens is 392 g/mol. The second-order valence-corrected chi connectivity index (χ2v) is 8.34. The van der Waals surface area contributed by atoms with Crippen molar-refractivity contribution in [1.82, 2.24) is 10.0 Å². The smallest absolute Gasteiger partial charge is 0.241 e. The lowest BCUT2D eigenvalue weighted by Gasteiger charge is -2.17. The number of sulfonamides is 1. The lowest BCUT2D eigenvalue weighted by atomic mass is 10.1. The summed E-state index contributed by atoms with van der Waals surface area (Å²) in [4.78, 5) is 12.6. The van der Waals surface area contributed by atoms with Crippen LogP contribution in [-0.2, 0) is 21.2 Å². The van der Waals surface area contributed by atoms with E-state index in [4.69, 9.17) is 9.47 Å². The maximum Gasteiger partial charge on any atom is 0.241 e. The highest BCUT2D eigenvalue weighted by molar-refractivity contribution is 7.89. The number of amides is 1. The molecule has 0 radical (unpaired) electrons. The fraction of sp³-hybridized carbons (Fsp3) is 0.381. The Balaban J connectivity index is 1.95. The predicted octanol–water partition coefficient (Wildman–Crippen LogP) is 2.43. The third-order valence-electron chi connectivity index (χ3n) is 4.51. The monoisotopic (exact) mass is 420 g/mol. The number of methoxy groups -OCH3 is 2. The molecule has 29 heavy (non-hydrogen) atoms. The Morgan fingerprint density at radius 2 is 1.69 bits per heavy atom. The number of aryl methyl sites for hydroxylation is 1. The van der Waals surface area contributed by atoms with Gasteiger partial charge in [-0.1, -0.05) is 30.7 Å². The Morgan fingerprint density at radius 3 is 2.28 bits per heavy atom. The van der Waals surface area contributed by atoms with Crippen molar-refractivity contribution >= 4 is 15.9 Å². The van der Waals surface area contributed by atoms with Gasteiger partial charge in [0.2, 0.25) is 15.9 Å². The Hall–Kier alpha value is -2.58. The summed E-state index contributed by atoms with van der Waals surface area (Å²) in [5.74, 6) is 0.897. The predicted molar refractivity (Wildman–Crippen MR) is 112 cm³/mol. The third-order valence-corrected chi connectivity index (χ3v) is 6.00. The average molecular weight is 421 g/mol. The first kappa shape index (κ1) is 22.7. The standard InChI is InChI=1S/C21H28N2O5S/c1-5-18(23-29(25,26)17-9-6-15(2)7-10-17)21(24)22-13-12-16-8-11-19(27-3)20(14-16)28-4/h6-11,14,18,23H,5,12-13H2,1-4H3,(H,22,24)/t18-/m0/s1. The van der Waals surface area contributed by atoms with Crippen molar-refractivity contribution in [2.75, 3.05) is 20.8 Å². The molecule has 0 aliphatic heterocycles. The molecule has 0 aliphatic carbocycles. The van der Waals surface area contributed by atoms with Crippen LogP contribution in [0.4, 0.5) is 0 Å². The minimum atomic E-state index is -3.77. The summed E-state index contributed by atoms with van der Waals surface area (Å²) < 4.78 is 38.0. The van der Waals surface area contributed by atoms with E-state index in [9.17, 15) is 13.2 Å². The lowest BCUT2D eigenvalue weighted by molar-refractivity contribution is -0.122. The number of carbonyl (C=O) groups excluding carboxylic acids is 1. The van der Waals surface area contributed by atoms with Crippen LogP contribution in [0.15, 0.2) is 47.4 Å². The average Bonchev–Trinajstić information content (AvgIpc) is 2.72. The van der Waals surface area contributed by atoms with Crippen LogP contribution >= 0.6 is 0 Å². The topological polar surface area (TPSA) is 93.7 Å². The third kappa shape index (κ3) is 6.20. The molecule has 0 spiro atoms. The van der Waals surface area contributed by atoms with Gasteiger partial charge in [0.05, 0.1) is 19.1 Å². The van der Waals surface area contributed by atoms with Gasteiger partial charge in [-0.15, -0.1) is 0 Å². The van der Waals surface area contributed by atoms with Gasteiger partial charge in [-0.2, -0.15) is 4.72 Å². The molecule has 2 rings (SSSR count). The van der Waals surface area contributed by atoms with E-state index in [0.29, 0.717) is 30.9 Å². The molecule has 0 saturated heterocycles. The van der Waals surface area contributed by atoms with Crippen LogP contribution in [0.5, 0.6) is 11.5 Å². The maximum atomic E-state index is 12.5. The summed E-state index contributed by atoms with van der Waals surface area (Å²) in [5.41, 5.74) is 1.93. The molecule has 2 N–H and O–H groups in total. The van der Waals surface area contributed by atoms with E-state index in [1.807, 2.05) is 19.1 Å². The molecule has 158 valence electrons. The summed E-state index contributed by atoms with van der Waals surface area (Å²) >= 11 is 0. The zero-order chi connectivity index (χ0) is 21.4. The van der Waals surface area contributed by atoms with Gasteiger partial charge in [0.25, 0.3) is 0 Å². The summed E-state index contributed by atoms with van der Waals surface area (Å²) in [6.07, 6.45) is 0.917. The first-order valence-electron chi connectivity index (χ1n) is 9.38. The Bertz CT molecular complexity index is 927. The van der Waals surface area contributed by atoms with Crippen molar-refractivity contribution in [3.8, 4) is 11.5 Å². The first-order chi connectivity index (χ1) is 13.8. The van der Waals surface area contributed by atoms with E-state index >= 15 is 0 Å². The molecular formula is C21H28N2O5S. The molecule has 0 heterocycles. The molecule has 0 aliphatic rings. The quantitative estimate of drug-likeness (QED) is 0.616. The van der Waals surface area contributed by atoms with E-state index in [1.54, 1.807) is 39.3 Å². The van der Waals surface area contributed by atoms with E-state index in [1.165, 1.54) is 12.1 Å². The molecule has 0 saturated carbocycles. The number of rotatable bonds is 10. The highest BCUT2D eigenvalue weighted by Crippen LogP contribution is 2.27. The number of ether oxygens (including phenoxy) is 2. The number of benzene rings is 2. The second kappa shape index (κ2) is 10.3. The zero-order valence-electron chi connectivity index (χ0n) is 17.2. The Labute approximate surface area is 172 Å². The molecule has 0 bridgehead atoms. The van der Waals surface area contributed by atoms with Crippen LogP contribution in [0.3, 0.4) is 0 Å². The summed E-state index contributed by atoms with van der Waals surface area (Å²) in [6, 6.07) is 11.2. The normalized spacial score (nSPS) is 12.3. The Morgan fingerprint density at radius 1 is 1.03 bits per heavy atom. The van der Waals surface area contributed by atoms with E-state index in [2.05, 4.69) is 10.0 Å². The molecule has 1 atom stereocenters. The molecule has 2 aromatic carbocycles. The molecule has 2 aromatic rings. The van der Waals surface area contributed by atoms with Crippen molar-refractivity contribution in [1.29, 1.82) is 0 Å². The first-order valence-corrected chi connectivity index (χ1v) is 10.9. The summed E-state index contributed by atoms with van der Waals surface area (Å²) in [5, 5.41) is 2.79. The van der Waals surface area contributed by atoms with Crippen molar-refractivity contribution in [2.24, 2.45) is 0 Å². The minimum absolute atomic E-state index is 0.139. The molecule has 0 fully saturated rings. The largest absolute Gasteiger partial charge is 0.493 e. The van der Waals surface area contributed by atoms with Gasteiger partial charge >= 0.3 is 0 Å². The second-order valence-electron chi connectivity index (χ2n) is 6.63. The maximum absolute atomic E-state index is 12.5. The van der Waals surface area contributed by atoms with Crippen LogP contribution in [0.25, 0.3) is 0 Å². The van der Waals surface area contributed by atoms with Crippen molar-refractivity contribution in [3.05, 3.63) is 53.6 Å². The fourth-order valence-corrected chi connectivity index (χ4v) is 4.06. The van der Waals surface area contributed by atoms with Gasteiger partial charge in [0.1, 0.15) is 6.04 Å². The van der Waals surface area contributed by atoms with Crippen LogP contribution in [0, 0.1) is 6.92 Å². The van der Waals surface area contributed by atoms with Crippen molar-refractivity contribution < 1.29 is 22.7 Å². The lowest BCUT2D eigenvalue weighted by Crippen LogP contribution is -2.46. The fourth-order valence-electron chi connectivity index (χ4n) is 2.78. The molecule has 0 aromatic heterocycles. The number of carbonyl (C=O) groups is 1. The van der Waals surface area contributed by atoms with Crippen LogP contribution in [0.2, 0.25) is 0 Å². The van der Waals surface area contributed by atoms with Gasteiger partial charge in [0.15, 0.2) is 11.5 Å². The number of hydrogen-bond acceptors (Lipinski definition) is 5. The van der Waals surface area contributed by atoms with Gasteiger partial charge in [-0.25, -0.2) is 8.42 Å². The molecule has 1 amide bonds. The van der Waals surface area contributed by atoms with Crippen molar-refractivity contribution in [2.45, 2.75) is 37.6 Å². The van der Waals surface area contributed by atoms with Gasteiger partial charge in [-0.3, -0.25) is 4.79 Å². The Kier molecular flexibility index (Phi) is 8.04. The van der Waals surface area contributed by atoms with E-state index in [0.717, 1.165) is 11.1 Å². The SMILES string of the molecule is CC[C@H](NS(=O)(=O)c1ccc(C)cc1)C(=O)NCCc1ccc(OC)c(OC)c1.